The minimum Gasteiger partial charge on any atom is -0.461 e. The highest BCUT2D eigenvalue weighted by Gasteiger charge is 2.47. The summed E-state index contributed by atoms with van der Waals surface area (Å²) in [7, 11) is 0. The van der Waals surface area contributed by atoms with Gasteiger partial charge in [0.25, 0.3) is 0 Å². The highest BCUT2D eigenvalue weighted by atomic mass is 35.5. The monoisotopic (exact) mass is 645 g/mol. The molecule has 2 aromatic heterocycles. The van der Waals surface area contributed by atoms with Crippen molar-refractivity contribution in [1.29, 1.82) is 0 Å². The third-order valence-corrected chi connectivity index (χ3v) is 11.1. The van der Waals surface area contributed by atoms with Crippen LogP contribution in [0.1, 0.15) is 70.6 Å². The van der Waals surface area contributed by atoms with E-state index in [2.05, 4.69) is 25.8 Å². The molecule has 244 valence electrons. The number of benzene rings is 1. The van der Waals surface area contributed by atoms with E-state index in [9.17, 15) is 4.79 Å². The number of halogens is 1. The molecule has 0 aliphatic carbocycles. The third-order valence-electron chi connectivity index (χ3n) is 10.7. The van der Waals surface area contributed by atoms with Crippen molar-refractivity contribution < 1.29 is 14.3 Å². The van der Waals surface area contributed by atoms with E-state index in [1.807, 2.05) is 50.2 Å². The molecule has 11 heteroatoms. The van der Waals surface area contributed by atoms with E-state index in [0.717, 1.165) is 85.0 Å². The second-order valence-corrected chi connectivity index (χ2v) is 15.2. The lowest BCUT2D eigenvalue weighted by Crippen LogP contribution is -2.57. The Morgan fingerprint density at radius 3 is 2.52 bits per heavy atom. The molecule has 7 heterocycles. The Morgan fingerprint density at radius 1 is 1.02 bits per heavy atom. The first-order valence-electron chi connectivity index (χ1n) is 17.0. The summed E-state index contributed by atoms with van der Waals surface area (Å²) < 4.78 is 12.4. The number of carbonyl (C=O) groups is 1. The number of hydrogen-bond acceptors (Lipinski definition) is 9. The predicted molar refractivity (Wildman–Crippen MR) is 179 cm³/mol. The molecule has 2 bridgehead atoms. The number of pyridine rings is 1. The van der Waals surface area contributed by atoms with Crippen LogP contribution in [-0.4, -0.2) is 93.4 Å². The maximum Gasteiger partial charge on any atom is 0.410 e. The van der Waals surface area contributed by atoms with Gasteiger partial charge in [0, 0.05) is 42.2 Å². The van der Waals surface area contributed by atoms with Crippen molar-refractivity contribution in [1.82, 2.24) is 24.8 Å². The lowest BCUT2D eigenvalue weighted by atomic mass is 9.95. The molecule has 0 spiro atoms. The minimum atomic E-state index is -0.519. The van der Waals surface area contributed by atoms with Gasteiger partial charge < -0.3 is 19.3 Å². The quantitative estimate of drug-likeness (QED) is 0.340. The second-order valence-electron chi connectivity index (χ2n) is 14.8. The molecule has 3 aromatic rings. The van der Waals surface area contributed by atoms with Crippen LogP contribution >= 0.6 is 11.6 Å². The Balaban J connectivity index is 1.11. The molecule has 0 radical (unpaired) electrons. The van der Waals surface area contributed by atoms with Crippen LogP contribution < -0.4 is 14.5 Å². The van der Waals surface area contributed by atoms with Gasteiger partial charge in [0.05, 0.1) is 46.8 Å². The Labute approximate surface area is 276 Å². The molecule has 5 aliphatic rings. The lowest BCUT2D eigenvalue weighted by molar-refractivity contribution is 0.0122. The summed E-state index contributed by atoms with van der Waals surface area (Å²) in [5, 5.41) is 2.77. The van der Waals surface area contributed by atoms with Crippen LogP contribution in [0.5, 0.6) is 6.01 Å². The largest absolute Gasteiger partial charge is 0.461 e. The van der Waals surface area contributed by atoms with Crippen molar-refractivity contribution in [3.8, 4) is 6.01 Å². The summed E-state index contributed by atoms with van der Waals surface area (Å²) in [6.07, 6.45) is 11.1. The smallest absolute Gasteiger partial charge is 0.410 e. The second kappa shape index (κ2) is 11.4. The summed E-state index contributed by atoms with van der Waals surface area (Å²) in [6.45, 7) is 11.6. The van der Waals surface area contributed by atoms with Crippen LogP contribution in [-0.2, 0) is 17.7 Å². The van der Waals surface area contributed by atoms with Crippen molar-refractivity contribution in [2.24, 2.45) is 0 Å². The zero-order valence-corrected chi connectivity index (χ0v) is 27.9. The maximum atomic E-state index is 13.2. The van der Waals surface area contributed by atoms with E-state index >= 15 is 0 Å². The molecule has 4 fully saturated rings. The highest BCUT2D eigenvalue weighted by molar-refractivity contribution is 6.36. The fourth-order valence-corrected chi connectivity index (χ4v) is 8.96. The average Bonchev–Trinajstić information content (AvgIpc) is 3.69. The molecule has 2 unspecified atom stereocenters. The van der Waals surface area contributed by atoms with Gasteiger partial charge in [-0.3, -0.25) is 14.8 Å². The molecule has 10 nitrogen and oxygen atoms in total. The summed E-state index contributed by atoms with van der Waals surface area (Å²) in [4.78, 5) is 37.3. The highest BCUT2D eigenvalue weighted by Crippen LogP contribution is 2.41. The number of rotatable bonds is 5. The summed E-state index contributed by atoms with van der Waals surface area (Å²) >= 11 is 6.74. The number of hydrogen-bond donors (Lipinski definition) is 0. The van der Waals surface area contributed by atoms with Gasteiger partial charge in [0.2, 0.25) is 0 Å². The zero-order valence-electron chi connectivity index (χ0n) is 27.2. The summed E-state index contributed by atoms with van der Waals surface area (Å²) in [5.41, 5.74) is 2.77. The first-order valence-corrected chi connectivity index (χ1v) is 17.4. The molecular formula is C35H44ClN7O3. The first-order chi connectivity index (χ1) is 22.2. The third kappa shape index (κ3) is 5.31. The van der Waals surface area contributed by atoms with Gasteiger partial charge in [-0.1, -0.05) is 23.7 Å². The molecule has 0 N–H and O–H groups in total. The first kappa shape index (κ1) is 30.0. The number of ether oxygens (including phenoxy) is 2. The van der Waals surface area contributed by atoms with Gasteiger partial charge in [0.1, 0.15) is 18.0 Å². The van der Waals surface area contributed by atoms with Crippen LogP contribution in [0, 0.1) is 0 Å². The van der Waals surface area contributed by atoms with Gasteiger partial charge in [-0.2, -0.15) is 9.97 Å². The Kier molecular flexibility index (Phi) is 7.44. The normalized spacial score (nSPS) is 24.0. The summed E-state index contributed by atoms with van der Waals surface area (Å²) in [5.74, 6) is 0.960. The van der Waals surface area contributed by atoms with E-state index in [1.54, 1.807) is 0 Å². The van der Waals surface area contributed by atoms with E-state index in [4.69, 9.17) is 31.0 Å². The molecule has 8 rings (SSSR count). The van der Waals surface area contributed by atoms with Gasteiger partial charge in [-0.15, -0.1) is 0 Å². The fourth-order valence-electron chi connectivity index (χ4n) is 8.68. The minimum absolute atomic E-state index is 0.0944. The molecule has 5 aliphatic heterocycles. The number of aromatic nitrogens is 3. The molecule has 4 saturated heterocycles. The Morgan fingerprint density at radius 2 is 1.78 bits per heavy atom. The molecule has 1 amide bonds. The van der Waals surface area contributed by atoms with Crippen LogP contribution in [0.2, 0.25) is 5.02 Å². The standard InChI is InChI=1S/C35H44ClN7O3/c1-34(2,3)46-33(44)43-24-9-10-25(43)20-41(19-24)31-26-11-16-40(29-18-37-17-23-7-4-8-27(36)30(23)29)21-28(26)38-32(39-31)45-22-35-12-5-14-42(35)15-6-13-35/h4,7-8,17-18,24-25H,5-6,9-16,19-22H2,1-3H3. The van der Waals surface area contributed by atoms with Crippen molar-refractivity contribution >= 4 is 40.0 Å². The van der Waals surface area contributed by atoms with Crippen LogP contribution in [0.15, 0.2) is 30.6 Å². The van der Waals surface area contributed by atoms with Crippen LogP contribution in [0.25, 0.3) is 10.8 Å². The molecule has 46 heavy (non-hydrogen) atoms. The van der Waals surface area contributed by atoms with E-state index in [-0.39, 0.29) is 23.7 Å². The SMILES string of the molecule is CC(C)(C)OC(=O)N1C2CCC1CN(c1nc(OCC34CCCN3CCC4)nc3c1CCN(c1cncc4cccc(Cl)c14)C3)C2. The van der Waals surface area contributed by atoms with Gasteiger partial charge >= 0.3 is 12.1 Å². The Hall–Kier alpha value is -3.37. The molecule has 2 atom stereocenters. The van der Waals surface area contributed by atoms with Gasteiger partial charge in [-0.25, -0.2) is 4.79 Å². The van der Waals surface area contributed by atoms with Crippen LogP contribution in [0.3, 0.4) is 0 Å². The maximum absolute atomic E-state index is 13.2. The molecular weight excluding hydrogens is 602 g/mol. The van der Waals surface area contributed by atoms with Crippen molar-refractivity contribution in [2.75, 3.05) is 49.1 Å². The number of fused-ring (bicyclic) bond motifs is 5. The van der Waals surface area contributed by atoms with Crippen molar-refractivity contribution in [3.05, 3.63) is 46.9 Å². The van der Waals surface area contributed by atoms with E-state index < -0.39 is 5.60 Å². The Bertz CT molecular complexity index is 1630. The van der Waals surface area contributed by atoms with Crippen molar-refractivity contribution in [3.63, 3.8) is 0 Å². The number of amides is 1. The number of piperazine rings is 1. The lowest BCUT2D eigenvalue weighted by Gasteiger charge is -2.43. The van der Waals surface area contributed by atoms with Gasteiger partial charge in [-0.05, 0) is 84.9 Å². The molecule has 1 aromatic carbocycles. The zero-order chi connectivity index (χ0) is 31.6. The van der Waals surface area contributed by atoms with E-state index in [1.165, 1.54) is 31.2 Å². The number of carbonyl (C=O) groups excluding carboxylic acids is 1. The van der Waals surface area contributed by atoms with E-state index in [0.29, 0.717) is 19.2 Å². The van der Waals surface area contributed by atoms with Crippen molar-refractivity contribution in [2.45, 2.75) is 95.5 Å². The van der Waals surface area contributed by atoms with Gasteiger partial charge in [0.15, 0.2) is 0 Å². The molecule has 0 saturated carbocycles. The summed E-state index contributed by atoms with van der Waals surface area (Å²) in [6, 6.07) is 6.61. The van der Waals surface area contributed by atoms with Crippen LogP contribution in [0.4, 0.5) is 16.3 Å². The predicted octanol–water partition coefficient (Wildman–Crippen LogP) is 5.84. The fraction of sp³-hybridized carbons (Fsp3) is 0.600. The number of anilines is 2. The average molecular weight is 646 g/mol. The number of nitrogens with zero attached hydrogens (tertiary/aromatic N) is 7. The topological polar surface area (TPSA) is 87.2 Å².